The second kappa shape index (κ2) is 4.08. The molecule has 1 aromatic carbocycles. The van der Waals surface area contributed by atoms with Gasteiger partial charge in [-0.3, -0.25) is 0 Å². The molecule has 1 rings (SSSR count). The molecule has 2 N–H and O–H groups in total. The first-order valence-electron chi connectivity index (χ1n) is 6.02. The predicted molar refractivity (Wildman–Crippen MR) is 50.4 cm³/mol. The van der Waals surface area contributed by atoms with Crippen molar-refractivity contribution in [2.75, 3.05) is 0 Å². The standard InChI is InChI=1S/C9H10BNO2/c1-2-7-3-4-8(6-11)9(5-7)10(12)13/h3-5,12-13H,2H2,1H3/i1D3,2D2. The average Bonchev–Trinajstić information content (AvgIpc) is 2.26. The molecule has 0 spiro atoms. The Hall–Kier alpha value is -1.31. The van der Waals surface area contributed by atoms with E-state index in [0.29, 0.717) is 0 Å². The third-order valence-electron chi connectivity index (χ3n) is 1.59. The van der Waals surface area contributed by atoms with Crippen molar-refractivity contribution in [1.82, 2.24) is 0 Å². The van der Waals surface area contributed by atoms with Crippen LogP contribution in [0.1, 0.15) is 24.8 Å². The van der Waals surface area contributed by atoms with E-state index in [4.69, 9.17) is 22.2 Å². The number of aryl methyl sites for hydroxylation is 1. The summed E-state index contributed by atoms with van der Waals surface area (Å²) in [5.74, 6) is 0. The van der Waals surface area contributed by atoms with Crippen molar-refractivity contribution in [3.05, 3.63) is 29.3 Å². The highest BCUT2D eigenvalue weighted by Gasteiger charge is 2.15. The van der Waals surface area contributed by atoms with Crippen LogP contribution in [0, 0.1) is 11.3 Å². The van der Waals surface area contributed by atoms with Crippen LogP contribution in [0.5, 0.6) is 0 Å². The molecule has 66 valence electrons. The largest absolute Gasteiger partial charge is 0.489 e. The van der Waals surface area contributed by atoms with E-state index >= 15 is 0 Å². The molecule has 0 amide bonds. The Labute approximate surface area is 84.4 Å². The molecule has 0 aromatic heterocycles. The molecule has 0 heterocycles. The van der Waals surface area contributed by atoms with E-state index in [-0.39, 0.29) is 16.6 Å². The highest BCUT2D eigenvalue weighted by Crippen LogP contribution is 2.02. The van der Waals surface area contributed by atoms with Gasteiger partial charge in [0.2, 0.25) is 0 Å². The normalized spacial score (nSPS) is 17.2. The zero-order valence-electron chi connectivity index (χ0n) is 11.7. The smallest absolute Gasteiger partial charge is 0.423 e. The van der Waals surface area contributed by atoms with Crippen LogP contribution in [0.25, 0.3) is 0 Å². The van der Waals surface area contributed by atoms with Gasteiger partial charge in [0, 0.05) is 12.3 Å². The number of benzene rings is 1. The maximum absolute atomic E-state index is 9.07. The molecule has 1 aromatic rings. The molecule has 0 saturated heterocycles. The van der Waals surface area contributed by atoms with Crippen molar-refractivity contribution in [3.63, 3.8) is 0 Å². The molecular weight excluding hydrogens is 165 g/mol. The van der Waals surface area contributed by atoms with Gasteiger partial charge in [-0.15, -0.1) is 0 Å². The van der Waals surface area contributed by atoms with Gasteiger partial charge >= 0.3 is 7.12 Å². The molecule has 0 aliphatic heterocycles. The van der Waals surface area contributed by atoms with Gasteiger partial charge in [-0.2, -0.15) is 5.26 Å². The molecule has 4 heteroatoms. The maximum Gasteiger partial charge on any atom is 0.489 e. The molecule has 13 heavy (non-hydrogen) atoms. The van der Waals surface area contributed by atoms with E-state index in [1.165, 1.54) is 0 Å². The zero-order valence-corrected chi connectivity index (χ0v) is 6.65. The van der Waals surface area contributed by atoms with E-state index in [9.17, 15) is 0 Å². The summed E-state index contributed by atoms with van der Waals surface area (Å²) >= 11 is 0. The lowest BCUT2D eigenvalue weighted by molar-refractivity contribution is 0.425. The SMILES string of the molecule is [2H]C([2H])([2H])C([2H])([2H])c1ccc(C#N)c(B(O)O)c1. The first kappa shape index (κ1) is 4.80. The van der Waals surface area contributed by atoms with E-state index in [1.807, 2.05) is 0 Å². The van der Waals surface area contributed by atoms with E-state index in [1.54, 1.807) is 6.07 Å². The van der Waals surface area contributed by atoms with Crippen molar-refractivity contribution in [3.8, 4) is 6.07 Å². The predicted octanol–water partition coefficient (Wildman–Crippen LogP) is -0.200. The topological polar surface area (TPSA) is 64.2 Å². The van der Waals surface area contributed by atoms with Crippen LogP contribution < -0.4 is 5.46 Å². The van der Waals surface area contributed by atoms with Crippen molar-refractivity contribution >= 4 is 12.6 Å². The molecule has 0 saturated carbocycles. The van der Waals surface area contributed by atoms with Crippen LogP contribution in [0.3, 0.4) is 0 Å². The van der Waals surface area contributed by atoms with E-state index < -0.39 is 20.3 Å². The molecule has 0 atom stereocenters. The fraction of sp³-hybridized carbons (Fsp3) is 0.222. The third kappa shape index (κ3) is 2.08. The Morgan fingerprint density at radius 2 is 2.46 bits per heavy atom. The maximum atomic E-state index is 9.07. The average molecular weight is 180 g/mol. The monoisotopic (exact) mass is 180 g/mol. The molecule has 0 radical (unpaired) electrons. The lowest BCUT2D eigenvalue weighted by Gasteiger charge is -2.04. The number of hydrogen-bond acceptors (Lipinski definition) is 3. The number of nitriles is 1. The molecule has 3 nitrogen and oxygen atoms in total. The highest BCUT2D eigenvalue weighted by atomic mass is 16.4. The van der Waals surface area contributed by atoms with Gasteiger partial charge in [-0.1, -0.05) is 19.0 Å². The van der Waals surface area contributed by atoms with E-state index in [2.05, 4.69) is 0 Å². The molecule has 0 bridgehead atoms. The van der Waals surface area contributed by atoms with E-state index in [0.717, 1.165) is 18.2 Å². The van der Waals surface area contributed by atoms with Gasteiger partial charge in [0.05, 0.1) is 11.6 Å². The summed E-state index contributed by atoms with van der Waals surface area (Å²) in [6.45, 7) is -2.89. The van der Waals surface area contributed by atoms with Crippen LogP contribution in [0.2, 0.25) is 0 Å². The minimum absolute atomic E-state index is 0.0462. The Balaban J connectivity index is 3.38. The summed E-state index contributed by atoms with van der Waals surface area (Å²) in [5, 5.41) is 26.9. The highest BCUT2D eigenvalue weighted by molar-refractivity contribution is 6.59. The summed E-state index contributed by atoms with van der Waals surface area (Å²) in [7, 11) is -1.97. The van der Waals surface area contributed by atoms with Crippen molar-refractivity contribution in [2.45, 2.75) is 13.2 Å². The second-order valence-corrected chi connectivity index (χ2v) is 2.41. The molecule has 0 fully saturated rings. The summed E-state index contributed by atoms with van der Waals surface area (Å²) in [6.07, 6.45) is -2.63. The Morgan fingerprint density at radius 3 is 3.00 bits per heavy atom. The number of nitrogens with zero attached hydrogens (tertiary/aromatic N) is 1. The zero-order chi connectivity index (χ0) is 14.1. The van der Waals surface area contributed by atoms with Gasteiger partial charge in [0.25, 0.3) is 0 Å². The Morgan fingerprint density at radius 1 is 1.69 bits per heavy atom. The molecule has 0 aliphatic carbocycles. The summed E-state index contributed by atoms with van der Waals surface area (Å²) in [6, 6.07) is 5.00. The fourth-order valence-electron chi connectivity index (χ4n) is 0.956. The lowest BCUT2D eigenvalue weighted by Crippen LogP contribution is -2.32. The second-order valence-electron chi connectivity index (χ2n) is 2.41. The Kier molecular flexibility index (Phi) is 1.51. The number of hydrogen-bond donors (Lipinski definition) is 2. The molecule has 0 aliphatic rings. The minimum Gasteiger partial charge on any atom is -0.423 e. The van der Waals surface area contributed by atoms with Crippen LogP contribution >= 0.6 is 0 Å². The van der Waals surface area contributed by atoms with Crippen LogP contribution in [-0.2, 0) is 6.37 Å². The van der Waals surface area contributed by atoms with Crippen LogP contribution in [0.15, 0.2) is 18.2 Å². The molecule has 0 unspecified atom stereocenters. The Bertz CT molecular complexity index is 495. The van der Waals surface area contributed by atoms with Gasteiger partial charge in [-0.05, 0) is 18.0 Å². The van der Waals surface area contributed by atoms with Crippen molar-refractivity contribution in [1.29, 1.82) is 5.26 Å². The van der Waals surface area contributed by atoms with Gasteiger partial charge in [0.1, 0.15) is 0 Å². The van der Waals surface area contributed by atoms with Crippen molar-refractivity contribution < 1.29 is 16.9 Å². The summed E-state index contributed by atoms with van der Waals surface area (Å²) < 4.78 is 36.4. The first-order valence-corrected chi connectivity index (χ1v) is 3.52. The minimum atomic E-state index is -2.89. The fourth-order valence-corrected chi connectivity index (χ4v) is 0.956. The van der Waals surface area contributed by atoms with Crippen molar-refractivity contribution in [2.24, 2.45) is 0 Å². The lowest BCUT2D eigenvalue weighted by atomic mass is 9.76. The summed E-state index contributed by atoms with van der Waals surface area (Å²) in [5.41, 5.74) is -0.497. The third-order valence-corrected chi connectivity index (χ3v) is 1.59. The van der Waals surface area contributed by atoms with Gasteiger partial charge in [-0.25, -0.2) is 0 Å². The van der Waals surface area contributed by atoms with Gasteiger partial charge in [0.15, 0.2) is 0 Å². The van der Waals surface area contributed by atoms with Crippen LogP contribution in [-0.4, -0.2) is 17.2 Å². The van der Waals surface area contributed by atoms with Crippen LogP contribution in [0.4, 0.5) is 0 Å². The van der Waals surface area contributed by atoms with Gasteiger partial charge < -0.3 is 10.0 Å². The quantitative estimate of drug-likeness (QED) is 0.619. The first-order chi connectivity index (χ1) is 8.11. The summed E-state index contributed by atoms with van der Waals surface area (Å²) in [4.78, 5) is 0. The molecular formula is C9H10BNO2. The number of rotatable bonds is 2.